The van der Waals surface area contributed by atoms with Crippen LogP contribution in [0.2, 0.25) is 0 Å². The minimum Gasteiger partial charge on any atom is -0.460 e. The zero-order chi connectivity index (χ0) is 20.4. The number of carbonyl (C=O) groups excluding carboxylic acids is 1. The Labute approximate surface area is 168 Å². The van der Waals surface area contributed by atoms with E-state index in [2.05, 4.69) is 15.3 Å². The van der Waals surface area contributed by atoms with Crippen molar-refractivity contribution < 1.29 is 19.4 Å². The maximum Gasteiger partial charge on any atom is 0.233 e. The lowest BCUT2D eigenvalue weighted by atomic mass is 9.90. The van der Waals surface area contributed by atoms with Crippen LogP contribution in [0.15, 0.2) is 59.6 Å². The number of benzene rings is 1. The first-order valence-corrected chi connectivity index (χ1v) is 9.61. The number of aliphatic hydroxyl groups excluding tert-OH is 1. The third-order valence-electron chi connectivity index (χ3n) is 5.42. The monoisotopic (exact) mass is 393 g/mol. The van der Waals surface area contributed by atoms with Crippen molar-refractivity contribution in [3.8, 4) is 0 Å². The molecule has 1 aromatic carbocycles. The minimum atomic E-state index is -1.29. The first kappa shape index (κ1) is 19.3. The summed E-state index contributed by atoms with van der Waals surface area (Å²) < 4.78 is 5.50. The lowest BCUT2D eigenvalue weighted by Crippen LogP contribution is -2.22. The highest BCUT2D eigenvalue weighted by Crippen LogP contribution is 2.31. The van der Waals surface area contributed by atoms with Gasteiger partial charge < -0.3 is 19.9 Å². The predicted octanol–water partition coefficient (Wildman–Crippen LogP) is 2.88. The summed E-state index contributed by atoms with van der Waals surface area (Å²) in [7, 11) is 0. The van der Waals surface area contributed by atoms with Gasteiger partial charge in [0, 0.05) is 17.8 Å². The van der Waals surface area contributed by atoms with Crippen LogP contribution in [0.25, 0.3) is 0 Å². The summed E-state index contributed by atoms with van der Waals surface area (Å²) in [5.74, 6) is 0.138. The molecule has 0 bridgehead atoms. The first-order valence-electron chi connectivity index (χ1n) is 9.61. The van der Waals surface area contributed by atoms with Crippen LogP contribution in [0.5, 0.6) is 0 Å². The summed E-state index contributed by atoms with van der Waals surface area (Å²) in [6.45, 7) is 1.66. The Bertz CT molecular complexity index is 1000. The quantitative estimate of drug-likeness (QED) is 0.553. The number of hydrogen-bond donors (Lipinski definition) is 3. The van der Waals surface area contributed by atoms with Gasteiger partial charge in [-0.3, -0.25) is 4.79 Å². The normalized spacial score (nSPS) is 20.9. The third-order valence-corrected chi connectivity index (χ3v) is 5.42. The largest absolute Gasteiger partial charge is 0.460 e. The van der Waals surface area contributed by atoms with Gasteiger partial charge in [-0.15, -0.1) is 0 Å². The van der Waals surface area contributed by atoms with Gasteiger partial charge in [-0.05, 0) is 37.8 Å². The second kappa shape index (κ2) is 7.77. The van der Waals surface area contributed by atoms with E-state index in [0.717, 1.165) is 12.8 Å². The summed E-state index contributed by atoms with van der Waals surface area (Å²) in [6, 6.07) is 10.8. The highest BCUT2D eigenvalue weighted by Gasteiger charge is 2.30. The SMILES string of the molecule is C[C@](O)(c1ccccc1)c1coc(C(=O)c2cncnc2N[C@@H]2CC[C@H](O)C2)c1. The molecule has 2 aromatic heterocycles. The van der Waals surface area contributed by atoms with Gasteiger partial charge in [0.15, 0.2) is 5.76 Å². The third kappa shape index (κ3) is 3.92. The Morgan fingerprint density at radius 3 is 2.76 bits per heavy atom. The molecule has 7 heteroatoms. The highest BCUT2D eigenvalue weighted by atomic mass is 16.3. The van der Waals surface area contributed by atoms with Crippen LogP contribution in [0.4, 0.5) is 5.82 Å². The number of rotatable bonds is 6. The van der Waals surface area contributed by atoms with Crippen molar-refractivity contribution in [2.45, 2.75) is 43.9 Å². The molecule has 7 nitrogen and oxygen atoms in total. The molecule has 2 heterocycles. The number of hydrogen-bond acceptors (Lipinski definition) is 7. The number of aromatic nitrogens is 2. The summed E-state index contributed by atoms with van der Waals surface area (Å²) in [4.78, 5) is 21.2. The van der Waals surface area contributed by atoms with E-state index in [1.807, 2.05) is 30.3 Å². The zero-order valence-electron chi connectivity index (χ0n) is 16.1. The van der Waals surface area contributed by atoms with E-state index in [1.54, 1.807) is 13.0 Å². The van der Waals surface area contributed by atoms with Crippen molar-refractivity contribution in [2.75, 3.05) is 5.32 Å². The molecule has 1 saturated carbocycles. The van der Waals surface area contributed by atoms with Crippen LogP contribution in [0, 0.1) is 0 Å². The van der Waals surface area contributed by atoms with Gasteiger partial charge in [0.05, 0.1) is 17.9 Å². The fraction of sp³-hybridized carbons (Fsp3) is 0.318. The average Bonchev–Trinajstić information content (AvgIpc) is 3.38. The standard InChI is InChI=1S/C22H23N3O4/c1-22(28,14-5-3-2-4-6-14)15-9-19(29-12-15)20(27)18-11-23-13-24-21(18)25-16-7-8-17(26)10-16/h2-6,9,11-13,16-17,26,28H,7-8,10H2,1H3,(H,23,24,25)/t16-,17+,22+/m1/s1. The molecule has 150 valence electrons. The Morgan fingerprint density at radius 2 is 2.03 bits per heavy atom. The summed E-state index contributed by atoms with van der Waals surface area (Å²) in [5, 5.41) is 23.9. The van der Waals surface area contributed by atoms with Gasteiger partial charge in [-0.2, -0.15) is 0 Å². The molecule has 0 radical (unpaired) electrons. The summed E-state index contributed by atoms with van der Waals surface area (Å²) in [6.07, 6.45) is 6.03. The van der Waals surface area contributed by atoms with Crippen LogP contribution in [0.3, 0.4) is 0 Å². The molecule has 1 fully saturated rings. The second-order valence-corrected chi connectivity index (χ2v) is 7.56. The van der Waals surface area contributed by atoms with Crippen LogP contribution in [0.1, 0.15) is 53.4 Å². The number of carbonyl (C=O) groups is 1. The van der Waals surface area contributed by atoms with E-state index in [-0.39, 0.29) is 29.3 Å². The molecule has 1 aliphatic rings. The van der Waals surface area contributed by atoms with Gasteiger partial charge in [0.2, 0.25) is 5.78 Å². The maximum atomic E-state index is 13.0. The minimum absolute atomic E-state index is 0.0532. The predicted molar refractivity (Wildman–Crippen MR) is 107 cm³/mol. The Morgan fingerprint density at radius 1 is 1.24 bits per heavy atom. The maximum absolute atomic E-state index is 13.0. The molecule has 0 amide bonds. The smallest absolute Gasteiger partial charge is 0.233 e. The van der Waals surface area contributed by atoms with E-state index < -0.39 is 5.60 Å². The molecule has 29 heavy (non-hydrogen) atoms. The van der Waals surface area contributed by atoms with Crippen molar-refractivity contribution in [3.63, 3.8) is 0 Å². The fourth-order valence-corrected chi connectivity index (χ4v) is 3.67. The number of aliphatic hydroxyl groups is 2. The van der Waals surface area contributed by atoms with Gasteiger partial charge in [0.1, 0.15) is 17.7 Å². The summed E-state index contributed by atoms with van der Waals surface area (Å²) in [5.41, 5.74) is 0.175. The Kier molecular flexibility index (Phi) is 5.17. The molecule has 0 spiro atoms. The number of furan rings is 1. The molecule has 1 aliphatic carbocycles. The fourth-order valence-electron chi connectivity index (χ4n) is 3.67. The van der Waals surface area contributed by atoms with E-state index in [4.69, 9.17) is 4.42 Å². The van der Waals surface area contributed by atoms with Crippen molar-refractivity contribution >= 4 is 11.6 Å². The lowest BCUT2D eigenvalue weighted by Gasteiger charge is -2.22. The van der Waals surface area contributed by atoms with E-state index in [1.165, 1.54) is 18.8 Å². The Balaban J connectivity index is 1.59. The first-order chi connectivity index (χ1) is 13.9. The van der Waals surface area contributed by atoms with Crippen LogP contribution < -0.4 is 5.32 Å². The molecule has 3 aromatic rings. The van der Waals surface area contributed by atoms with Gasteiger partial charge in [-0.25, -0.2) is 9.97 Å². The molecule has 0 saturated heterocycles. The number of nitrogens with one attached hydrogen (secondary N) is 1. The van der Waals surface area contributed by atoms with E-state index in [0.29, 0.717) is 23.4 Å². The Hall–Kier alpha value is -3.03. The van der Waals surface area contributed by atoms with E-state index in [9.17, 15) is 15.0 Å². The van der Waals surface area contributed by atoms with Crippen molar-refractivity contribution in [1.29, 1.82) is 0 Å². The average molecular weight is 393 g/mol. The lowest BCUT2D eigenvalue weighted by molar-refractivity contribution is 0.100. The van der Waals surface area contributed by atoms with Gasteiger partial charge >= 0.3 is 0 Å². The van der Waals surface area contributed by atoms with Crippen molar-refractivity contribution in [1.82, 2.24) is 9.97 Å². The molecule has 4 rings (SSSR count). The van der Waals surface area contributed by atoms with Crippen LogP contribution in [-0.4, -0.2) is 38.1 Å². The van der Waals surface area contributed by atoms with Crippen LogP contribution >= 0.6 is 0 Å². The molecule has 3 N–H and O–H groups in total. The molecular weight excluding hydrogens is 370 g/mol. The number of nitrogens with zero attached hydrogens (tertiary/aromatic N) is 2. The van der Waals surface area contributed by atoms with Gasteiger partial charge in [-0.1, -0.05) is 30.3 Å². The molecule has 0 unspecified atom stereocenters. The number of ketones is 1. The molecule has 0 aliphatic heterocycles. The van der Waals surface area contributed by atoms with E-state index >= 15 is 0 Å². The zero-order valence-corrected chi connectivity index (χ0v) is 16.1. The van der Waals surface area contributed by atoms with Gasteiger partial charge in [0.25, 0.3) is 0 Å². The summed E-state index contributed by atoms with van der Waals surface area (Å²) >= 11 is 0. The van der Waals surface area contributed by atoms with Crippen LogP contribution in [-0.2, 0) is 5.60 Å². The topological polar surface area (TPSA) is 108 Å². The highest BCUT2D eigenvalue weighted by molar-refractivity contribution is 6.10. The van der Waals surface area contributed by atoms with Crippen molar-refractivity contribution in [2.24, 2.45) is 0 Å². The number of anilines is 1. The van der Waals surface area contributed by atoms with Crippen molar-refractivity contribution in [3.05, 3.63) is 77.6 Å². The molecular formula is C22H23N3O4. The molecule has 3 atom stereocenters. The second-order valence-electron chi connectivity index (χ2n) is 7.56.